The molecule has 0 aliphatic rings. The molecule has 0 fully saturated rings. The number of imidazole rings is 1. The van der Waals surface area contributed by atoms with Crippen molar-refractivity contribution in [3.8, 4) is 23.0 Å². The Morgan fingerprint density at radius 3 is 1.90 bits per heavy atom. The minimum absolute atomic E-state index is 0.308. The number of aromatic nitrogens is 2. The highest BCUT2D eigenvalue weighted by atomic mass is 19.4. The van der Waals surface area contributed by atoms with Gasteiger partial charge in [-0.1, -0.05) is 18.2 Å². The third-order valence-electron chi connectivity index (χ3n) is 4.31. The van der Waals surface area contributed by atoms with Crippen LogP contribution in [0.15, 0.2) is 85.2 Å². The Bertz CT molecular complexity index is 1090. The zero-order valence-electron chi connectivity index (χ0n) is 15.7. The number of hydrogen-bond donors (Lipinski definition) is 1. The van der Waals surface area contributed by atoms with Crippen LogP contribution in [0.2, 0.25) is 0 Å². The van der Waals surface area contributed by atoms with Crippen molar-refractivity contribution in [2.75, 3.05) is 0 Å². The van der Waals surface area contributed by atoms with E-state index >= 15 is 0 Å². The second kappa shape index (κ2) is 8.32. The minimum Gasteiger partial charge on any atom is -0.457 e. The first-order valence-corrected chi connectivity index (χ1v) is 9.16. The van der Waals surface area contributed by atoms with Gasteiger partial charge >= 0.3 is 6.18 Å². The number of H-pyrrole nitrogens is 1. The zero-order valence-corrected chi connectivity index (χ0v) is 15.7. The summed E-state index contributed by atoms with van der Waals surface area (Å²) in [5.74, 6) is 2.86. The molecule has 0 radical (unpaired) electrons. The minimum atomic E-state index is -4.38. The molecule has 0 saturated carbocycles. The summed E-state index contributed by atoms with van der Waals surface area (Å²) in [6.45, 7) is 0. The number of nitrogens with one attached hydrogen (secondary N) is 1. The molecule has 7 heteroatoms. The lowest BCUT2D eigenvalue weighted by Gasteiger charge is -2.11. The second-order valence-corrected chi connectivity index (χ2v) is 6.56. The van der Waals surface area contributed by atoms with E-state index in [-0.39, 0.29) is 0 Å². The van der Waals surface area contributed by atoms with Gasteiger partial charge in [0.25, 0.3) is 0 Å². The molecule has 0 saturated heterocycles. The number of rotatable bonds is 6. The van der Waals surface area contributed by atoms with Crippen LogP contribution in [0, 0.1) is 0 Å². The third-order valence-corrected chi connectivity index (χ3v) is 4.31. The summed E-state index contributed by atoms with van der Waals surface area (Å²) >= 11 is 0. The molecule has 152 valence electrons. The van der Waals surface area contributed by atoms with Crippen LogP contribution >= 0.6 is 0 Å². The van der Waals surface area contributed by atoms with Gasteiger partial charge in [0.1, 0.15) is 28.8 Å². The molecule has 0 spiro atoms. The fourth-order valence-corrected chi connectivity index (χ4v) is 2.85. The first-order chi connectivity index (χ1) is 14.5. The van der Waals surface area contributed by atoms with Gasteiger partial charge in [-0.3, -0.25) is 0 Å². The highest BCUT2D eigenvalue weighted by Gasteiger charge is 2.30. The monoisotopic (exact) mass is 410 g/mol. The Morgan fingerprint density at radius 1 is 0.767 bits per heavy atom. The third kappa shape index (κ3) is 5.00. The van der Waals surface area contributed by atoms with Crippen molar-refractivity contribution in [3.05, 3.63) is 102 Å². The smallest absolute Gasteiger partial charge is 0.416 e. The van der Waals surface area contributed by atoms with Crippen molar-refractivity contribution in [2.45, 2.75) is 12.6 Å². The molecule has 4 rings (SSSR count). The Hall–Kier alpha value is -3.74. The number of benzene rings is 3. The van der Waals surface area contributed by atoms with E-state index in [0.29, 0.717) is 29.4 Å². The van der Waals surface area contributed by atoms with Gasteiger partial charge in [0.2, 0.25) is 0 Å². The molecule has 0 aliphatic heterocycles. The first kappa shape index (κ1) is 19.6. The molecule has 1 heterocycles. The van der Waals surface area contributed by atoms with E-state index in [1.165, 1.54) is 12.1 Å². The fraction of sp³-hybridized carbons (Fsp3) is 0.0870. The molecule has 0 unspecified atom stereocenters. The Balaban J connectivity index is 1.41. The maximum absolute atomic E-state index is 12.7. The van der Waals surface area contributed by atoms with Gasteiger partial charge in [-0.05, 0) is 54.1 Å². The summed E-state index contributed by atoms with van der Waals surface area (Å²) in [5, 5.41) is 0. The van der Waals surface area contributed by atoms with Crippen molar-refractivity contribution >= 4 is 0 Å². The van der Waals surface area contributed by atoms with Crippen molar-refractivity contribution in [3.63, 3.8) is 0 Å². The maximum Gasteiger partial charge on any atom is 0.416 e. The van der Waals surface area contributed by atoms with Crippen LogP contribution in [-0.4, -0.2) is 9.97 Å². The standard InChI is InChI=1S/C23H17F3N2O2/c24-23(25,26)17-6-10-19(11-7-17)30-21-3-1-2-20(15-21)29-18-8-4-16(5-9-18)14-22-27-12-13-28-22/h1-13,15H,14H2,(H,27,28). The van der Waals surface area contributed by atoms with E-state index in [9.17, 15) is 13.2 Å². The summed E-state index contributed by atoms with van der Waals surface area (Å²) in [4.78, 5) is 7.27. The van der Waals surface area contributed by atoms with Crippen LogP contribution in [0.3, 0.4) is 0 Å². The van der Waals surface area contributed by atoms with Crippen LogP contribution in [0.5, 0.6) is 23.0 Å². The Labute approximate surface area is 170 Å². The normalized spacial score (nSPS) is 11.3. The number of hydrogen-bond acceptors (Lipinski definition) is 3. The molecule has 1 aromatic heterocycles. The van der Waals surface area contributed by atoms with Crippen molar-refractivity contribution < 1.29 is 22.6 Å². The Kier molecular flexibility index (Phi) is 5.43. The summed E-state index contributed by atoms with van der Waals surface area (Å²) in [6.07, 6.45) is -0.178. The highest BCUT2D eigenvalue weighted by molar-refractivity contribution is 5.40. The molecule has 1 N–H and O–H groups in total. The number of alkyl halides is 3. The molecule has 0 amide bonds. The average molecular weight is 410 g/mol. The number of halogens is 3. The highest BCUT2D eigenvalue weighted by Crippen LogP contribution is 2.32. The van der Waals surface area contributed by atoms with Gasteiger partial charge in [-0.15, -0.1) is 0 Å². The van der Waals surface area contributed by atoms with Crippen LogP contribution in [0.25, 0.3) is 0 Å². The van der Waals surface area contributed by atoms with Crippen LogP contribution in [-0.2, 0) is 12.6 Å². The van der Waals surface area contributed by atoms with Crippen molar-refractivity contribution in [1.82, 2.24) is 9.97 Å². The van der Waals surface area contributed by atoms with E-state index in [0.717, 1.165) is 23.5 Å². The average Bonchev–Trinajstić information content (AvgIpc) is 3.23. The van der Waals surface area contributed by atoms with E-state index in [1.807, 2.05) is 24.3 Å². The van der Waals surface area contributed by atoms with Crippen LogP contribution in [0.4, 0.5) is 13.2 Å². The van der Waals surface area contributed by atoms with E-state index in [2.05, 4.69) is 9.97 Å². The van der Waals surface area contributed by atoms with Gasteiger partial charge < -0.3 is 14.5 Å². The molecular formula is C23H17F3N2O2. The molecule has 4 aromatic rings. The lowest BCUT2D eigenvalue weighted by atomic mass is 10.1. The molecule has 30 heavy (non-hydrogen) atoms. The number of ether oxygens (including phenoxy) is 2. The maximum atomic E-state index is 12.7. The molecule has 0 atom stereocenters. The van der Waals surface area contributed by atoms with Gasteiger partial charge in [0.05, 0.1) is 5.56 Å². The van der Waals surface area contributed by atoms with Crippen LogP contribution in [0.1, 0.15) is 17.0 Å². The largest absolute Gasteiger partial charge is 0.457 e. The van der Waals surface area contributed by atoms with Crippen molar-refractivity contribution in [1.29, 1.82) is 0 Å². The lowest BCUT2D eigenvalue weighted by molar-refractivity contribution is -0.137. The summed E-state index contributed by atoms with van der Waals surface area (Å²) < 4.78 is 49.5. The van der Waals surface area contributed by atoms with Gasteiger partial charge in [-0.2, -0.15) is 13.2 Å². The second-order valence-electron chi connectivity index (χ2n) is 6.56. The quantitative estimate of drug-likeness (QED) is 0.389. The van der Waals surface area contributed by atoms with Gasteiger partial charge in [0, 0.05) is 24.9 Å². The SMILES string of the molecule is FC(F)(F)c1ccc(Oc2cccc(Oc3ccc(Cc4ncc[nH]4)cc3)c2)cc1. The van der Waals surface area contributed by atoms with E-state index < -0.39 is 11.7 Å². The van der Waals surface area contributed by atoms with E-state index in [1.54, 1.807) is 36.7 Å². The lowest BCUT2D eigenvalue weighted by Crippen LogP contribution is -2.03. The molecule has 0 aliphatic carbocycles. The summed E-state index contributed by atoms with van der Waals surface area (Å²) in [7, 11) is 0. The van der Waals surface area contributed by atoms with Gasteiger partial charge in [-0.25, -0.2) is 4.98 Å². The van der Waals surface area contributed by atoms with Crippen molar-refractivity contribution in [2.24, 2.45) is 0 Å². The predicted molar refractivity (Wildman–Crippen MR) is 106 cm³/mol. The number of nitrogens with zero attached hydrogens (tertiary/aromatic N) is 1. The number of aromatic amines is 1. The summed E-state index contributed by atoms with van der Waals surface area (Å²) in [5.41, 5.74) is 0.374. The van der Waals surface area contributed by atoms with Crippen LogP contribution < -0.4 is 9.47 Å². The predicted octanol–water partition coefficient (Wildman–Crippen LogP) is 6.60. The Morgan fingerprint density at radius 2 is 1.37 bits per heavy atom. The molecule has 4 nitrogen and oxygen atoms in total. The molecular weight excluding hydrogens is 393 g/mol. The molecule has 3 aromatic carbocycles. The summed E-state index contributed by atoms with van der Waals surface area (Å²) in [6, 6.07) is 19.1. The first-order valence-electron chi connectivity index (χ1n) is 9.16. The molecule has 0 bridgehead atoms. The topological polar surface area (TPSA) is 47.1 Å². The van der Waals surface area contributed by atoms with E-state index in [4.69, 9.17) is 9.47 Å². The van der Waals surface area contributed by atoms with Gasteiger partial charge in [0.15, 0.2) is 0 Å². The zero-order chi connectivity index (χ0) is 21.0. The fourth-order valence-electron chi connectivity index (χ4n) is 2.85.